The van der Waals surface area contributed by atoms with E-state index in [1.165, 1.54) is 24.3 Å². The summed E-state index contributed by atoms with van der Waals surface area (Å²) in [5.41, 5.74) is 3.94. The lowest BCUT2D eigenvalue weighted by molar-refractivity contribution is 0.0528. The summed E-state index contributed by atoms with van der Waals surface area (Å²) in [4.78, 5) is 17.8. The van der Waals surface area contributed by atoms with E-state index < -0.39 is 5.97 Å². The van der Waals surface area contributed by atoms with Crippen LogP contribution in [0.2, 0.25) is 0 Å². The van der Waals surface area contributed by atoms with Crippen LogP contribution in [0.15, 0.2) is 84.9 Å². The van der Waals surface area contributed by atoms with Gasteiger partial charge < -0.3 is 4.74 Å². The van der Waals surface area contributed by atoms with Crippen LogP contribution in [0.3, 0.4) is 0 Å². The zero-order chi connectivity index (χ0) is 21.8. The van der Waals surface area contributed by atoms with E-state index in [4.69, 9.17) is 9.72 Å². The Morgan fingerprint density at radius 2 is 1.39 bits per heavy atom. The molecule has 4 rings (SSSR count). The first-order valence-electron chi connectivity index (χ1n) is 9.86. The third kappa shape index (κ3) is 4.36. The predicted octanol–water partition coefficient (Wildman–Crippen LogP) is 6.54. The van der Waals surface area contributed by atoms with Crippen molar-refractivity contribution in [2.75, 3.05) is 6.61 Å². The van der Waals surface area contributed by atoms with Gasteiger partial charge in [0.15, 0.2) is 0 Å². The molecule has 0 aliphatic rings. The number of esters is 1. The molecule has 0 aliphatic carbocycles. The van der Waals surface area contributed by atoms with Crippen molar-refractivity contribution in [3.63, 3.8) is 0 Å². The van der Waals surface area contributed by atoms with Gasteiger partial charge in [-0.05, 0) is 55.0 Å². The zero-order valence-corrected chi connectivity index (χ0v) is 16.8. The second-order valence-corrected chi connectivity index (χ2v) is 6.88. The van der Waals surface area contributed by atoms with Gasteiger partial charge in [0.25, 0.3) is 0 Å². The molecule has 0 atom stereocenters. The fourth-order valence-electron chi connectivity index (χ4n) is 3.39. The maximum absolute atomic E-state index is 13.6. The second kappa shape index (κ2) is 8.88. The molecule has 0 saturated carbocycles. The van der Waals surface area contributed by atoms with Gasteiger partial charge in [-0.2, -0.15) is 0 Å². The first kappa shape index (κ1) is 20.4. The molecule has 31 heavy (non-hydrogen) atoms. The van der Waals surface area contributed by atoms with Gasteiger partial charge in [0, 0.05) is 16.7 Å². The lowest BCUT2D eigenvalue weighted by Crippen LogP contribution is -2.10. The maximum atomic E-state index is 13.6. The number of aromatic nitrogens is 1. The Balaban J connectivity index is 2.04. The van der Waals surface area contributed by atoms with Gasteiger partial charge >= 0.3 is 5.97 Å². The van der Waals surface area contributed by atoms with Gasteiger partial charge in [0.2, 0.25) is 0 Å². The number of halogens is 2. The van der Waals surface area contributed by atoms with E-state index >= 15 is 0 Å². The summed E-state index contributed by atoms with van der Waals surface area (Å²) in [6, 6.07) is 22.9. The Labute approximate surface area is 179 Å². The monoisotopic (exact) mass is 415 g/mol. The fraction of sp³-hybridized carbons (Fsp3) is 0.0769. The van der Waals surface area contributed by atoms with E-state index in [0.29, 0.717) is 33.6 Å². The number of nitrogens with zero attached hydrogens (tertiary/aromatic N) is 1. The molecule has 1 aromatic heterocycles. The summed E-state index contributed by atoms with van der Waals surface area (Å²) in [6.07, 6.45) is 0. The molecule has 0 spiro atoms. The highest BCUT2D eigenvalue weighted by Gasteiger charge is 2.23. The average Bonchev–Trinajstić information content (AvgIpc) is 2.80. The number of pyridine rings is 1. The zero-order valence-electron chi connectivity index (χ0n) is 16.8. The molecule has 0 saturated heterocycles. The Morgan fingerprint density at radius 1 is 0.806 bits per heavy atom. The van der Waals surface area contributed by atoms with Crippen molar-refractivity contribution in [2.45, 2.75) is 6.92 Å². The van der Waals surface area contributed by atoms with Crippen LogP contribution < -0.4 is 0 Å². The van der Waals surface area contributed by atoms with Crippen LogP contribution >= 0.6 is 0 Å². The molecule has 0 radical (unpaired) electrons. The third-order valence-corrected chi connectivity index (χ3v) is 4.84. The molecule has 3 aromatic carbocycles. The van der Waals surface area contributed by atoms with Gasteiger partial charge in [-0.3, -0.25) is 0 Å². The number of carbonyl (C=O) groups excluding carboxylic acids is 1. The van der Waals surface area contributed by atoms with Crippen molar-refractivity contribution in [3.05, 3.63) is 102 Å². The molecule has 1 heterocycles. The highest BCUT2D eigenvalue weighted by molar-refractivity contribution is 6.04. The number of ether oxygens (including phenoxy) is 1. The number of hydrogen-bond acceptors (Lipinski definition) is 3. The van der Waals surface area contributed by atoms with E-state index in [2.05, 4.69) is 0 Å². The minimum Gasteiger partial charge on any atom is -0.462 e. The van der Waals surface area contributed by atoms with E-state index in [0.717, 1.165) is 5.56 Å². The van der Waals surface area contributed by atoms with Gasteiger partial charge in [-0.15, -0.1) is 0 Å². The smallest absolute Gasteiger partial charge is 0.340 e. The molecule has 5 heteroatoms. The van der Waals surface area contributed by atoms with Crippen molar-refractivity contribution >= 4 is 5.97 Å². The van der Waals surface area contributed by atoms with E-state index in [-0.39, 0.29) is 18.2 Å². The van der Waals surface area contributed by atoms with Crippen molar-refractivity contribution in [3.8, 4) is 33.6 Å². The summed E-state index contributed by atoms with van der Waals surface area (Å²) < 4.78 is 32.4. The van der Waals surface area contributed by atoms with Crippen LogP contribution in [0, 0.1) is 11.6 Å². The molecule has 0 aliphatic heterocycles. The van der Waals surface area contributed by atoms with Crippen LogP contribution in [-0.4, -0.2) is 17.6 Å². The van der Waals surface area contributed by atoms with Gasteiger partial charge in [0.05, 0.1) is 23.6 Å². The highest BCUT2D eigenvalue weighted by Crippen LogP contribution is 2.35. The van der Waals surface area contributed by atoms with Gasteiger partial charge in [-0.1, -0.05) is 42.5 Å². The second-order valence-electron chi connectivity index (χ2n) is 6.88. The van der Waals surface area contributed by atoms with Crippen LogP contribution in [0.4, 0.5) is 8.78 Å². The predicted molar refractivity (Wildman–Crippen MR) is 116 cm³/mol. The molecule has 0 amide bonds. The largest absolute Gasteiger partial charge is 0.462 e. The number of hydrogen-bond donors (Lipinski definition) is 0. The molecule has 3 nitrogen and oxygen atoms in total. The first-order valence-corrected chi connectivity index (χ1v) is 9.86. The Morgan fingerprint density at radius 3 is 1.97 bits per heavy atom. The summed E-state index contributed by atoms with van der Waals surface area (Å²) in [7, 11) is 0. The quantitative estimate of drug-likeness (QED) is 0.348. The van der Waals surface area contributed by atoms with Crippen LogP contribution in [0.1, 0.15) is 17.3 Å². The lowest BCUT2D eigenvalue weighted by atomic mass is 9.93. The highest BCUT2D eigenvalue weighted by atomic mass is 19.1. The minimum absolute atomic E-state index is 0.204. The Hall–Kier alpha value is -3.86. The van der Waals surface area contributed by atoms with Crippen LogP contribution in [-0.2, 0) is 4.74 Å². The summed E-state index contributed by atoms with van der Waals surface area (Å²) in [6.45, 7) is 1.94. The summed E-state index contributed by atoms with van der Waals surface area (Å²) >= 11 is 0. The third-order valence-electron chi connectivity index (χ3n) is 4.84. The molecule has 0 N–H and O–H groups in total. The molecular formula is C26H19F2NO2. The number of benzene rings is 3. The molecule has 154 valence electrons. The molecule has 0 fully saturated rings. The first-order chi connectivity index (χ1) is 15.1. The molecular weight excluding hydrogens is 396 g/mol. The van der Waals surface area contributed by atoms with E-state index in [1.54, 1.807) is 37.3 Å². The van der Waals surface area contributed by atoms with Crippen LogP contribution in [0.25, 0.3) is 33.6 Å². The average molecular weight is 415 g/mol. The number of carbonyl (C=O) groups is 1. The standard InChI is InChI=1S/C26H19F2NO2/c1-2-31-26(30)24-22(17-8-12-20(27)13-9-17)16-23(18-10-14-21(28)15-11-18)29-25(24)19-6-4-3-5-7-19/h3-16H,2H2,1H3. The van der Waals surface area contributed by atoms with Crippen molar-refractivity contribution < 1.29 is 18.3 Å². The van der Waals surface area contributed by atoms with Gasteiger partial charge in [0.1, 0.15) is 11.6 Å². The summed E-state index contributed by atoms with van der Waals surface area (Å²) in [5.74, 6) is -1.25. The number of rotatable bonds is 5. The van der Waals surface area contributed by atoms with Crippen molar-refractivity contribution in [1.82, 2.24) is 4.98 Å². The minimum atomic E-state index is -0.515. The Bertz CT molecular complexity index is 1200. The van der Waals surface area contributed by atoms with Crippen molar-refractivity contribution in [2.24, 2.45) is 0 Å². The maximum Gasteiger partial charge on any atom is 0.340 e. The lowest BCUT2D eigenvalue weighted by Gasteiger charge is -2.16. The fourth-order valence-corrected chi connectivity index (χ4v) is 3.39. The van der Waals surface area contributed by atoms with Gasteiger partial charge in [-0.25, -0.2) is 18.6 Å². The van der Waals surface area contributed by atoms with E-state index in [9.17, 15) is 13.6 Å². The molecule has 0 unspecified atom stereocenters. The normalized spacial score (nSPS) is 10.7. The SMILES string of the molecule is CCOC(=O)c1c(-c2ccc(F)cc2)cc(-c2ccc(F)cc2)nc1-c1ccccc1. The molecule has 0 bridgehead atoms. The summed E-state index contributed by atoms with van der Waals surface area (Å²) in [5, 5.41) is 0. The van der Waals surface area contributed by atoms with E-state index in [1.807, 2.05) is 30.3 Å². The molecule has 4 aromatic rings. The van der Waals surface area contributed by atoms with Crippen molar-refractivity contribution in [1.29, 1.82) is 0 Å². The Kier molecular flexibility index (Phi) is 5.85. The topological polar surface area (TPSA) is 39.2 Å². The van der Waals surface area contributed by atoms with Crippen LogP contribution in [0.5, 0.6) is 0 Å².